The van der Waals surface area contributed by atoms with Gasteiger partial charge in [0, 0.05) is 38.8 Å². The SMILES string of the molecule is Cc1nc2ccccc2nc1CN1CCN(CCC(C)C)C(CCO)C1. The number of aromatic nitrogens is 2. The van der Waals surface area contributed by atoms with E-state index in [9.17, 15) is 5.11 Å². The molecule has 26 heavy (non-hydrogen) atoms. The summed E-state index contributed by atoms with van der Waals surface area (Å²) in [5, 5.41) is 9.48. The quantitative estimate of drug-likeness (QED) is 0.827. The summed E-state index contributed by atoms with van der Waals surface area (Å²) in [6.07, 6.45) is 2.06. The first-order chi connectivity index (χ1) is 12.6. The van der Waals surface area contributed by atoms with E-state index in [0.717, 1.165) is 67.5 Å². The van der Waals surface area contributed by atoms with Gasteiger partial charge in [-0.05, 0) is 44.4 Å². The Kier molecular flexibility index (Phi) is 6.57. The van der Waals surface area contributed by atoms with Gasteiger partial charge >= 0.3 is 0 Å². The third-order valence-electron chi connectivity index (χ3n) is 5.36. The molecular formula is C21H32N4O. The fourth-order valence-corrected chi connectivity index (χ4v) is 3.73. The number of hydrogen-bond acceptors (Lipinski definition) is 5. The maximum Gasteiger partial charge on any atom is 0.0890 e. The fourth-order valence-electron chi connectivity index (χ4n) is 3.73. The standard InChI is InChI=1S/C21H32N4O/c1-16(2)8-10-25-12-11-24(14-18(25)9-13-26)15-21-17(3)22-19-6-4-5-7-20(19)23-21/h4-7,16,18,26H,8-15H2,1-3H3. The molecule has 0 spiro atoms. The Labute approximate surface area is 157 Å². The number of hydrogen-bond donors (Lipinski definition) is 1. The van der Waals surface area contributed by atoms with Crippen molar-refractivity contribution in [3.05, 3.63) is 35.7 Å². The first-order valence-corrected chi connectivity index (χ1v) is 9.86. The summed E-state index contributed by atoms with van der Waals surface area (Å²) >= 11 is 0. The van der Waals surface area contributed by atoms with Gasteiger partial charge in [0.25, 0.3) is 0 Å². The minimum absolute atomic E-state index is 0.255. The molecule has 1 saturated heterocycles. The Balaban J connectivity index is 1.68. The molecule has 0 aliphatic carbocycles. The summed E-state index contributed by atoms with van der Waals surface area (Å²) in [6, 6.07) is 8.50. The van der Waals surface area contributed by atoms with Crippen LogP contribution < -0.4 is 0 Å². The smallest absolute Gasteiger partial charge is 0.0890 e. The zero-order valence-electron chi connectivity index (χ0n) is 16.4. The van der Waals surface area contributed by atoms with E-state index in [1.54, 1.807) is 0 Å². The maximum atomic E-state index is 9.48. The number of para-hydroxylation sites is 2. The maximum absolute atomic E-state index is 9.48. The highest BCUT2D eigenvalue weighted by atomic mass is 16.3. The highest BCUT2D eigenvalue weighted by molar-refractivity contribution is 5.74. The van der Waals surface area contributed by atoms with E-state index >= 15 is 0 Å². The normalized spacial score (nSPS) is 19.5. The van der Waals surface area contributed by atoms with Crippen molar-refractivity contribution in [2.24, 2.45) is 5.92 Å². The lowest BCUT2D eigenvalue weighted by molar-refractivity contribution is 0.0517. The second kappa shape index (κ2) is 8.89. The van der Waals surface area contributed by atoms with Crippen LogP contribution in [0, 0.1) is 12.8 Å². The lowest BCUT2D eigenvalue weighted by Crippen LogP contribution is -2.53. The van der Waals surface area contributed by atoms with Crippen LogP contribution in [-0.2, 0) is 6.54 Å². The summed E-state index contributed by atoms with van der Waals surface area (Å²) in [7, 11) is 0. The summed E-state index contributed by atoms with van der Waals surface area (Å²) in [6.45, 7) is 11.9. The average molecular weight is 357 g/mol. The van der Waals surface area contributed by atoms with E-state index in [-0.39, 0.29) is 6.61 Å². The molecule has 1 aliphatic heterocycles. The molecule has 0 saturated carbocycles. The van der Waals surface area contributed by atoms with Gasteiger partial charge in [-0.3, -0.25) is 9.80 Å². The van der Waals surface area contributed by atoms with Gasteiger partial charge in [-0.1, -0.05) is 26.0 Å². The zero-order chi connectivity index (χ0) is 18.5. The molecule has 2 heterocycles. The molecule has 142 valence electrons. The molecule has 0 bridgehead atoms. The number of nitrogens with zero attached hydrogens (tertiary/aromatic N) is 4. The predicted molar refractivity (Wildman–Crippen MR) is 106 cm³/mol. The molecule has 5 heteroatoms. The Morgan fingerprint density at radius 1 is 1.15 bits per heavy atom. The highest BCUT2D eigenvalue weighted by Crippen LogP contribution is 2.19. The molecule has 1 fully saturated rings. The van der Waals surface area contributed by atoms with Gasteiger partial charge in [-0.25, -0.2) is 9.97 Å². The van der Waals surface area contributed by atoms with Crippen LogP contribution >= 0.6 is 0 Å². The van der Waals surface area contributed by atoms with Crippen molar-refractivity contribution in [2.45, 2.75) is 46.2 Å². The molecule has 1 atom stereocenters. The van der Waals surface area contributed by atoms with E-state index in [2.05, 4.69) is 30.6 Å². The minimum Gasteiger partial charge on any atom is -0.396 e. The van der Waals surface area contributed by atoms with Crippen molar-refractivity contribution < 1.29 is 5.11 Å². The number of rotatable bonds is 7. The van der Waals surface area contributed by atoms with Crippen molar-refractivity contribution in [3.63, 3.8) is 0 Å². The number of fused-ring (bicyclic) bond motifs is 1. The van der Waals surface area contributed by atoms with Gasteiger partial charge < -0.3 is 5.11 Å². The Hall–Kier alpha value is -1.56. The van der Waals surface area contributed by atoms with E-state index in [1.165, 1.54) is 6.42 Å². The Morgan fingerprint density at radius 3 is 2.58 bits per heavy atom. The van der Waals surface area contributed by atoms with Crippen molar-refractivity contribution in [2.75, 3.05) is 32.8 Å². The van der Waals surface area contributed by atoms with Crippen LogP contribution in [0.5, 0.6) is 0 Å². The number of aryl methyl sites for hydroxylation is 1. The summed E-state index contributed by atoms with van der Waals surface area (Å²) < 4.78 is 0. The van der Waals surface area contributed by atoms with Crippen molar-refractivity contribution in [1.29, 1.82) is 0 Å². The van der Waals surface area contributed by atoms with Gasteiger partial charge in [0.15, 0.2) is 0 Å². The molecule has 1 aromatic heterocycles. The molecule has 1 unspecified atom stereocenters. The van der Waals surface area contributed by atoms with Crippen LogP contribution in [-0.4, -0.2) is 63.7 Å². The first-order valence-electron chi connectivity index (χ1n) is 9.86. The van der Waals surface area contributed by atoms with Gasteiger partial charge in [-0.2, -0.15) is 0 Å². The number of aliphatic hydroxyl groups excluding tert-OH is 1. The summed E-state index contributed by atoms with van der Waals surface area (Å²) in [4.78, 5) is 14.6. The lowest BCUT2D eigenvalue weighted by Gasteiger charge is -2.41. The lowest BCUT2D eigenvalue weighted by atomic mass is 10.1. The molecular weight excluding hydrogens is 324 g/mol. The van der Waals surface area contributed by atoms with E-state index < -0.39 is 0 Å². The van der Waals surface area contributed by atoms with Crippen LogP contribution in [0.1, 0.15) is 38.1 Å². The van der Waals surface area contributed by atoms with Crippen molar-refractivity contribution in [1.82, 2.24) is 19.8 Å². The molecule has 0 radical (unpaired) electrons. The third kappa shape index (κ3) is 4.78. The second-order valence-corrected chi connectivity index (χ2v) is 7.86. The average Bonchev–Trinajstić information content (AvgIpc) is 2.62. The van der Waals surface area contributed by atoms with Gasteiger partial charge in [0.05, 0.1) is 22.4 Å². The van der Waals surface area contributed by atoms with Gasteiger partial charge in [-0.15, -0.1) is 0 Å². The Morgan fingerprint density at radius 2 is 1.88 bits per heavy atom. The minimum atomic E-state index is 0.255. The van der Waals surface area contributed by atoms with Crippen LogP contribution in [0.15, 0.2) is 24.3 Å². The predicted octanol–water partition coefficient (Wildman–Crippen LogP) is 2.85. The second-order valence-electron chi connectivity index (χ2n) is 7.86. The third-order valence-corrected chi connectivity index (χ3v) is 5.36. The highest BCUT2D eigenvalue weighted by Gasteiger charge is 2.27. The van der Waals surface area contributed by atoms with E-state index in [1.807, 2.05) is 24.3 Å². The molecule has 0 amide bonds. The molecule has 5 nitrogen and oxygen atoms in total. The molecule has 1 aliphatic rings. The number of aliphatic hydroxyl groups is 1. The van der Waals surface area contributed by atoms with E-state index in [0.29, 0.717) is 6.04 Å². The van der Waals surface area contributed by atoms with Crippen molar-refractivity contribution in [3.8, 4) is 0 Å². The summed E-state index contributed by atoms with van der Waals surface area (Å²) in [5.74, 6) is 0.721. The van der Waals surface area contributed by atoms with Gasteiger partial charge in [0.1, 0.15) is 0 Å². The summed E-state index contributed by atoms with van der Waals surface area (Å²) in [5.41, 5.74) is 4.02. The zero-order valence-corrected chi connectivity index (χ0v) is 16.4. The van der Waals surface area contributed by atoms with Crippen LogP contribution in [0.25, 0.3) is 11.0 Å². The monoisotopic (exact) mass is 356 g/mol. The molecule has 3 rings (SSSR count). The largest absolute Gasteiger partial charge is 0.396 e. The first kappa shape index (κ1) is 19.2. The fraction of sp³-hybridized carbons (Fsp3) is 0.619. The topological polar surface area (TPSA) is 52.5 Å². The van der Waals surface area contributed by atoms with E-state index in [4.69, 9.17) is 9.97 Å². The number of benzene rings is 1. The van der Waals surface area contributed by atoms with Crippen LogP contribution in [0.4, 0.5) is 0 Å². The Bertz CT molecular complexity index is 718. The molecule has 1 N–H and O–H groups in total. The van der Waals surface area contributed by atoms with Gasteiger partial charge in [0.2, 0.25) is 0 Å². The van der Waals surface area contributed by atoms with Crippen LogP contribution in [0.2, 0.25) is 0 Å². The molecule has 1 aromatic carbocycles. The molecule has 2 aromatic rings. The number of piperazine rings is 1. The van der Waals surface area contributed by atoms with Crippen LogP contribution in [0.3, 0.4) is 0 Å². The van der Waals surface area contributed by atoms with Crippen molar-refractivity contribution >= 4 is 11.0 Å².